The first-order valence-electron chi connectivity index (χ1n) is 5.74. The van der Waals surface area contributed by atoms with E-state index < -0.39 is 0 Å². The van der Waals surface area contributed by atoms with Gasteiger partial charge in [-0.3, -0.25) is 0 Å². The topological polar surface area (TPSA) is 21.3 Å². The van der Waals surface area contributed by atoms with Gasteiger partial charge in [-0.25, -0.2) is 0 Å². The van der Waals surface area contributed by atoms with Crippen LogP contribution in [0.1, 0.15) is 26.3 Å². The van der Waals surface area contributed by atoms with Crippen molar-refractivity contribution in [2.24, 2.45) is 0 Å². The minimum atomic E-state index is 0.206. The predicted octanol–water partition coefficient (Wildman–Crippen LogP) is 3.14. The van der Waals surface area contributed by atoms with Crippen LogP contribution >= 0.6 is 0 Å². The van der Waals surface area contributed by atoms with Crippen molar-refractivity contribution in [3.05, 3.63) is 42.5 Å². The molecular weight excluding hydrogens is 198 g/mol. The average Bonchev–Trinajstić information content (AvgIpc) is 2.26. The Bertz CT molecular complexity index is 333. The summed E-state index contributed by atoms with van der Waals surface area (Å²) in [4.78, 5) is 0. The number of hydrogen-bond donors (Lipinski definition) is 1. The summed E-state index contributed by atoms with van der Waals surface area (Å²) >= 11 is 0. The van der Waals surface area contributed by atoms with Crippen LogP contribution < -0.4 is 10.1 Å². The molecule has 0 fully saturated rings. The van der Waals surface area contributed by atoms with Crippen molar-refractivity contribution in [1.29, 1.82) is 0 Å². The molecule has 1 aromatic rings. The summed E-state index contributed by atoms with van der Waals surface area (Å²) in [6, 6.07) is 8.43. The first-order valence-corrected chi connectivity index (χ1v) is 5.74. The molecule has 1 unspecified atom stereocenters. The van der Waals surface area contributed by atoms with Crippen molar-refractivity contribution in [3.63, 3.8) is 0 Å². The van der Waals surface area contributed by atoms with E-state index in [2.05, 4.69) is 24.9 Å². The minimum absolute atomic E-state index is 0.206. The molecule has 0 aliphatic heterocycles. The first kappa shape index (κ1) is 12.8. The summed E-state index contributed by atoms with van der Waals surface area (Å²) in [6.07, 6.45) is 2.10. The van der Waals surface area contributed by atoms with E-state index in [4.69, 9.17) is 4.74 Å². The van der Waals surface area contributed by atoms with Gasteiger partial charge in [0.05, 0.1) is 6.10 Å². The van der Waals surface area contributed by atoms with Gasteiger partial charge in [-0.2, -0.15) is 0 Å². The molecule has 16 heavy (non-hydrogen) atoms. The Morgan fingerprint density at radius 3 is 2.62 bits per heavy atom. The van der Waals surface area contributed by atoms with Crippen LogP contribution in [0.25, 0.3) is 0 Å². The molecule has 0 radical (unpaired) electrons. The van der Waals surface area contributed by atoms with Crippen LogP contribution in [0.3, 0.4) is 0 Å². The van der Waals surface area contributed by atoms with Crippen molar-refractivity contribution in [1.82, 2.24) is 5.32 Å². The van der Waals surface area contributed by atoms with Crippen molar-refractivity contribution >= 4 is 0 Å². The molecule has 1 aromatic carbocycles. The molecule has 0 saturated carbocycles. The van der Waals surface area contributed by atoms with Crippen LogP contribution in [0.5, 0.6) is 5.75 Å². The van der Waals surface area contributed by atoms with Crippen LogP contribution in [0, 0.1) is 0 Å². The fraction of sp³-hybridized carbons (Fsp3) is 0.429. The van der Waals surface area contributed by atoms with Gasteiger partial charge in [0.25, 0.3) is 0 Å². The van der Waals surface area contributed by atoms with E-state index in [1.54, 1.807) is 0 Å². The highest BCUT2D eigenvalue weighted by Crippen LogP contribution is 2.19. The monoisotopic (exact) mass is 219 g/mol. The second-order valence-corrected chi connectivity index (χ2v) is 4.18. The number of hydrogen-bond acceptors (Lipinski definition) is 2. The Balaban J connectivity index is 2.67. The predicted molar refractivity (Wildman–Crippen MR) is 68.7 cm³/mol. The molecule has 0 amide bonds. The molecule has 88 valence electrons. The van der Waals surface area contributed by atoms with Crippen LogP contribution in [0.15, 0.2) is 36.9 Å². The third-order valence-electron chi connectivity index (χ3n) is 2.30. The van der Waals surface area contributed by atoms with Crippen LogP contribution in [-0.2, 0) is 6.54 Å². The Labute approximate surface area is 98.3 Å². The standard InChI is InChI=1S/C14H21NO/c1-5-12(4)15-10-13-8-6-7-9-14(13)16-11(2)3/h5-9,11-12,15H,1,10H2,2-4H3. The minimum Gasteiger partial charge on any atom is -0.491 e. The normalized spacial score (nSPS) is 12.5. The van der Waals surface area contributed by atoms with E-state index in [1.807, 2.05) is 38.1 Å². The highest BCUT2D eigenvalue weighted by atomic mass is 16.5. The zero-order chi connectivity index (χ0) is 12.0. The van der Waals surface area contributed by atoms with Gasteiger partial charge >= 0.3 is 0 Å². The third-order valence-corrected chi connectivity index (χ3v) is 2.30. The second-order valence-electron chi connectivity index (χ2n) is 4.18. The van der Waals surface area contributed by atoms with E-state index in [0.717, 1.165) is 12.3 Å². The SMILES string of the molecule is C=CC(C)NCc1ccccc1OC(C)C. The number of benzene rings is 1. The smallest absolute Gasteiger partial charge is 0.124 e. The lowest BCUT2D eigenvalue weighted by molar-refractivity contribution is 0.239. The lowest BCUT2D eigenvalue weighted by Crippen LogP contribution is -2.23. The molecular formula is C14H21NO. The summed E-state index contributed by atoms with van der Waals surface area (Å²) < 4.78 is 5.75. The van der Waals surface area contributed by atoms with Gasteiger partial charge in [0.2, 0.25) is 0 Å². The Morgan fingerprint density at radius 2 is 2.00 bits per heavy atom. The summed E-state index contributed by atoms with van der Waals surface area (Å²) in [5.74, 6) is 0.960. The van der Waals surface area contributed by atoms with E-state index in [1.165, 1.54) is 5.56 Å². The number of para-hydroxylation sites is 1. The molecule has 0 aliphatic rings. The highest BCUT2D eigenvalue weighted by molar-refractivity contribution is 5.33. The van der Waals surface area contributed by atoms with Crippen LogP contribution in [0.2, 0.25) is 0 Å². The Morgan fingerprint density at radius 1 is 1.31 bits per heavy atom. The summed E-state index contributed by atoms with van der Waals surface area (Å²) in [6.45, 7) is 10.7. The van der Waals surface area contributed by atoms with Crippen LogP contribution in [0.4, 0.5) is 0 Å². The first-order chi connectivity index (χ1) is 7.63. The van der Waals surface area contributed by atoms with Gasteiger partial charge in [-0.05, 0) is 26.8 Å². The molecule has 2 nitrogen and oxygen atoms in total. The zero-order valence-electron chi connectivity index (χ0n) is 10.4. The lowest BCUT2D eigenvalue weighted by Gasteiger charge is -2.15. The van der Waals surface area contributed by atoms with Gasteiger partial charge < -0.3 is 10.1 Å². The van der Waals surface area contributed by atoms with Crippen molar-refractivity contribution in [2.45, 2.75) is 39.5 Å². The molecule has 1 rings (SSSR count). The van der Waals surface area contributed by atoms with Crippen molar-refractivity contribution in [2.75, 3.05) is 0 Å². The van der Waals surface area contributed by atoms with E-state index in [-0.39, 0.29) is 6.10 Å². The lowest BCUT2D eigenvalue weighted by atomic mass is 10.2. The van der Waals surface area contributed by atoms with Crippen LogP contribution in [-0.4, -0.2) is 12.1 Å². The number of ether oxygens (including phenoxy) is 1. The number of nitrogens with one attached hydrogen (secondary N) is 1. The molecule has 0 aromatic heterocycles. The summed E-state index contributed by atoms with van der Waals surface area (Å²) in [5, 5.41) is 3.36. The summed E-state index contributed by atoms with van der Waals surface area (Å²) in [7, 11) is 0. The van der Waals surface area contributed by atoms with Gasteiger partial charge in [-0.1, -0.05) is 24.3 Å². The Kier molecular flexibility index (Phi) is 5.06. The molecule has 1 N–H and O–H groups in total. The second kappa shape index (κ2) is 6.33. The Hall–Kier alpha value is -1.28. The quantitative estimate of drug-likeness (QED) is 0.742. The van der Waals surface area contributed by atoms with Crippen molar-refractivity contribution < 1.29 is 4.74 Å². The summed E-state index contributed by atoms with van der Waals surface area (Å²) in [5.41, 5.74) is 1.19. The average molecular weight is 219 g/mol. The zero-order valence-corrected chi connectivity index (χ0v) is 10.4. The number of rotatable bonds is 6. The van der Waals surface area contributed by atoms with Crippen molar-refractivity contribution in [3.8, 4) is 5.75 Å². The molecule has 0 saturated heterocycles. The van der Waals surface area contributed by atoms with Gasteiger partial charge in [0.1, 0.15) is 5.75 Å². The maximum Gasteiger partial charge on any atom is 0.124 e. The van der Waals surface area contributed by atoms with Gasteiger partial charge in [0.15, 0.2) is 0 Å². The van der Waals surface area contributed by atoms with Gasteiger partial charge in [-0.15, -0.1) is 6.58 Å². The highest BCUT2D eigenvalue weighted by Gasteiger charge is 2.05. The molecule has 0 bridgehead atoms. The van der Waals surface area contributed by atoms with E-state index in [0.29, 0.717) is 6.04 Å². The fourth-order valence-corrected chi connectivity index (χ4v) is 1.37. The molecule has 0 heterocycles. The van der Waals surface area contributed by atoms with E-state index in [9.17, 15) is 0 Å². The largest absolute Gasteiger partial charge is 0.491 e. The molecule has 1 atom stereocenters. The molecule has 0 spiro atoms. The van der Waals surface area contributed by atoms with E-state index >= 15 is 0 Å². The third kappa shape index (κ3) is 4.07. The fourth-order valence-electron chi connectivity index (χ4n) is 1.37. The molecule has 2 heteroatoms. The molecule has 0 aliphatic carbocycles. The maximum absolute atomic E-state index is 5.75. The van der Waals surface area contributed by atoms with Gasteiger partial charge in [0, 0.05) is 18.2 Å². The maximum atomic E-state index is 5.75.